The highest BCUT2D eigenvalue weighted by Gasteiger charge is 2.21. The van der Waals surface area contributed by atoms with Gasteiger partial charge >= 0.3 is 0 Å². The predicted molar refractivity (Wildman–Crippen MR) is 97.0 cm³/mol. The summed E-state index contributed by atoms with van der Waals surface area (Å²) >= 11 is 0. The Bertz CT molecular complexity index is 538. The SMILES string of the molecule is CCNC(=NCC(C)CO)NC1CCCN(c2cccc(F)c2)C1. The third-order valence-corrected chi connectivity index (χ3v) is 4.15. The zero-order valence-electron chi connectivity index (χ0n) is 14.6. The number of piperidine rings is 1. The number of hydrogen-bond acceptors (Lipinski definition) is 3. The second kappa shape index (κ2) is 9.47. The fraction of sp³-hybridized carbons (Fsp3) is 0.611. The van der Waals surface area contributed by atoms with E-state index in [2.05, 4.69) is 20.5 Å². The fourth-order valence-electron chi connectivity index (χ4n) is 2.82. The van der Waals surface area contributed by atoms with Gasteiger partial charge in [0.2, 0.25) is 0 Å². The summed E-state index contributed by atoms with van der Waals surface area (Å²) in [7, 11) is 0. The number of aliphatic hydroxyl groups excluding tert-OH is 1. The van der Waals surface area contributed by atoms with Gasteiger partial charge in [-0.2, -0.15) is 0 Å². The van der Waals surface area contributed by atoms with E-state index in [4.69, 9.17) is 5.11 Å². The average Bonchev–Trinajstić information content (AvgIpc) is 2.60. The summed E-state index contributed by atoms with van der Waals surface area (Å²) < 4.78 is 13.4. The van der Waals surface area contributed by atoms with Crippen LogP contribution in [0.1, 0.15) is 26.7 Å². The van der Waals surface area contributed by atoms with Crippen molar-refractivity contribution < 1.29 is 9.50 Å². The van der Waals surface area contributed by atoms with Crippen LogP contribution in [0.25, 0.3) is 0 Å². The van der Waals surface area contributed by atoms with Crippen molar-refractivity contribution in [3.63, 3.8) is 0 Å². The molecule has 1 saturated heterocycles. The number of rotatable bonds is 6. The molecule has 0 radical (unpaired) electrons. The van der Waals surface area contributed by atoms with Crippen LogP contribution in [0.5, 0.6) is 0 Å². The minimum atomic E-state index is -0.199. The topological polar surface area (TPSA) is 59.9 Å². The minimum absolute atomic E-state index is 0.139. The van der Waals surface area contributed by atoms with E-state index in [0.717, 1.165) is 44.1 Å². The van der Waals surface area contributed by atoms with Gasteiger partial charge in [0.15, 0.2) is 5.96 Å². The molecule has 1 aliphatic rings. The lowest BCUT2D eigenvalue weighted by molar-refractivity contribution is 0.241. The number of nitrogens with one attached hydrogen (secondary N) is 2. The Balaban J connectivity index is 1.97. The van der Waals surface area contributed by atoms with Gasteiger partial charge in [0.25, 0.3) is 0 Å². The van der Waals surface area contributed by atoms with Crippen molar-refractivity contribution in [2.45, 2.75) is 32.7 Å². The summed E-state index contributed by atoms with van der Waals surface area (Å²) in [6, 6.07) is 7.03. The molecule has 1 aromatic rings. The van der Waals surface area contributed by atoms with Crippen LogP contribution in [0, 0.1) is 11.7 Å². The van der Waals surface area contributed by atoms with Crippen LogP contribution in [-0.4, -0.2) is 49.9 Å². The molecule has 2 unspecified atom stereocenters. The maximum atomic E-state index is 13.4. The lowest BCUT2D eigenvalue weighted by Crippen LogP contribution is -2.51. The van der Waals surface area contributed by atoms with Gasteiger partial charge in [-0.25, -0.2) is 4.39 Å². The highest BCUT2D eigenvalue weighted by molar-refractivity contribution is 5.80. The van der Waals surface area contributed by atoms with Gasteiger partial charge in [0.1, 0.15) is 5.82 Å². The summed E-state index contributed by atoms with van der Waals surface area (Å²) in [5.74, 6) is 0.731. The van der Waals surface area contributed by atoms with Crippen molar-refractivity contribution in [1.82, 2.24) is 10.6 Å². The van der Waals surface area contributed by atoms with Crippen LogP contribution in [-0.2, 0) is 0 Å². The fourth-order valence-corrected chi connectivity index (χ4v) is 2.82. The van der Waals surface area contributed by atoms with Crippen LogP contribution in [0.15, 0.2) is 29.3 Å². The maximum Gasteiger partial charge on any atom is 0.191 e. The van der Waals surface area contributed by atoms with Crippen LogP contribution in [0.3, 0.4) is 0 Å². The van der Waals surface area contributed by atoms with E-state index in [1.54, 1.807) is 12.1 Å². The Morgan fingerprint density at radius 3 is 3.04 bits per heavy atom. The van der Waals surface area contributed by atoms with E-state index in [1.807, 2.05) is 19.9 Å². The molecule has 1 heterocycles. The van der Waals surface area contributed by atoms with Gasteiger partial charge < -0.3 is 20.6 Å². The first-order chi connectivity index (χ1) is 11.6. The second-order valence-corrected chi connectivity index (χ2v) is 6.42. The molecule has 0 bridgehead atoms. The Labute approximate surface area is 144 Å². The third kappa shape index (κ3) is 5.67. The van der Waals surface area contributed by atoms with Gasteiger partial charge in [-0.3, -0.25) is 4.99 Å². The van der Waals surface area contributed by atoms with Crippen molar-refractivity contribution in [3.05, 3.63) is 30.1 Å². The van der Waals surface area contributed by atoms with Gasteiger partial charge in [-0.15, -0.1) is 0 Å². The van der Waals surface area contributed by atoms with Crippen molar-refractivity contribution in [2.24, 2.45) is 10.9 Å². The lowest BCUT2D eigenvalue weighted by atomic mass is 10.0. The summed E-state index contributed by atoms with van der Waals surface area (Å²) in [6.07, 6.45) is 2.12. The highest BCUT2D eigenvalue weighted by Crippen LogP contribution is 2.20. The molecule has 24 heavy (non-hydrogen) atoms. The molecule has 0 spiro atoms. The zero-order valence-corrected chi connectivity index (χ0v) is 14.6. The monoisotopic (exact) mass is 336 g/mol. The summed E-state index contributed by atoms with van der Waals surface area (Å²) in [5.41, 5.74) is 0.928. The molecule has 0 aliphatic carbocycles. The molecule has 0 saturated carbocycles. The number of guanidine groups is 1. The minimum Gasteiger partial charge on any atom is -0.396 e. The number of hydrogen-bond donors (Lipinski definition) is 3. The molecule has 2 rings (SSSR count). The first-order valence-corrected chi connectivity index (χ1v) is 8.78. The first kappa shape index (κ1) is 18.5. The summed E-state index contributed by atoms with van der Waals surface area (Å²) in [5, 5.41) is 15.9. The Morgan fingerprint density at radius 1 is 1.50 bits per heavy atom. The Kier molecular flexibility index (Phi) is 7.31. The van der Waals surface area contributed by atoms with Crippen LogP contribution in [0.2, 0.25) is 0 Å². The Hall–Kier alpha value is -1.82. The lowest BCUT2D eigenvalue weighted by Gasteiger charge is -2.35. The van der Waals surface area contributed by atoms with E-state index in [0.29, 0.717) is 6.54 Å². The number of nitrogens with zero attached hydrogens (tertiary/aromatic N) is 2. The number of anilines is 1. The van der Waals surface area contributed by atoms with Gasteiger partial charge in [0, 0.05) is 44.5 Å². The molecule has 5 nitrogen and oxygen atoms in total. The molecule has 2 atom stereocenters. The average molecular weight is 336 g/mol. The second-order valence-electron chi connectivity index (χ2n) is 6.42. The number of aliphatic hydroxyl groups is 1. The number of aliphatic imine (C=N–C) groups is 1. The first-order valence-electron chi connectivity index (χ1n) is 8.78. The molecule has 0 aromatic heterocycles. The number of benzene rings is 1. The van der Waals surface area contributed by atoms with Crippen LogP contribution < -0.4 is 15.5 Å². The molecule has 6 heteroatoms. The highest BCUT2D eigenvalue weighted by atomic mass is 19.1. The quantitative estimate of drug-likeness (QED) is 0.549. The molecule has 3 N–H and O–H groups in total. The molecule has 134 valence electrons. The van der Waals surface area contributed by atoms with Crippen LogP contribution >= 0.6 is 0 Å². The van der Waals surface area contributed by atoms with Crippen molar-refractivity contribution in [3.8, 4) is 0 Å². The van der Waals surface area contributed by atoms with E-state index in [9.17, 15) is 4.39 Å². The normalized spacial score (nSPS) is 19.9. The van der Waals surface area contributed by atoms with E-state index in [1.165, 1.54) is 6.07 Å². The molecule has 0 amide bonds. The molecule has 1 aromatic carbocycles. The van der Waals surface area contributed by atoms with Crippen molar-refractivity contribution in [1.29, 1.82) is 0 Å². The Morgan fingerprint density at radius 2 is 2.33 bits per heavy atom. The zero-order chi connectivity index (χ0) is 17.4. The summed E-state index contributed by atoms with van der Waals surface area (Å²) in [6.45, 7) is 7.29. The molecular formula is C18H29FN4O. The van der Waals surface area contributed by atoms with Gasteiger partial charge in [0.05, 0.1) is 0 Å². The largest absolute Gasteiger partial charge is 0.396 e. The molecule has 1 fully saturated rings. The van der Waals surface area contributed by atoms with E-state index in [-0.39, 0.29) is 24.4 Å². The van der Waals surface area contributed by atoms with Crippen molar-refractivity contribution in [2.75, 3.05) is 37.7 Å². The predicted octanol–water partition coefficient (Wildman–Crippen LogP) is 1.98. The smallest absolute Gasteiger partial charge is 0.191 e. The van der Waals surface area contributed by atoms with Gasteiger partial charge in [-0.05, 0) is 43.9 Å². The van der Waals surface area contributed by atoms with E-state index < -0.39 is 0 Å². The van der Waals surface area contributed by atoms with Gasteiger partial charge in [-0.1, -0.05) is 13.0 Å². The third-order valence-electron chi connectivity index (χ3n) is 4.15. The standard InChI is InChI=1S/C18H29FN4O/c1-3-20-18(21-11-14(2)13-24)22-16-7-5-9-23(12-16)17-8-4-6-15(19)10-17/h4,6,8,10,14,16,24H,3,5,7,9,11-13H2,1-2H3,(H2,20,21,22). The summed E-state index contributed by atoms with van der Waals surface area (Å²) in [4.78, 5) is 6.76. The number of halogens is 1. The molecular weight excluding hydrogens is 307 g/mol. The maximum absolute atomic E-state index is 13.4. The molecule has 1 aliphatic heterocycles. The van der Waals surface area contributed by atoms with Crippen LogP contribution in [0.4, 0.5) is 10.1 Å². The van der Waals surface area contributed by atoms with E-state index >= 15 is 0 Å². The van der Waals surface area contributed by atoms with Crippen molar-refractivity contribution >= 4 is 11.6 Å².